The van der Waals surface area contributed by atoms with Gasteiger partial charge in [0.05, 0.1) is 13.7 Å². The first-order chi connectivity index (χ1) is 6.81. The van der Waals surface area contributed by atoms with Gasteiger partial charge in [-0.25, -0.2) is 4.79 Å². The summed E-state index contributed by atoms with van der Waals surface area (Å²) in [6.07, 6.45) is 0. The summed E-state index contributed by atoms with van der Waals surface area (Å²) in [6, 6.07) is 0. The van der Waals surface area contributed by atoms with Gasteiger partial charge in [-0.2, -0.15) is 0 Å². The fourth-order valence-electron chi connectivity index (χ4n) is 0.863. The second-order valence-electron chi connectivity index (χ2n) is 3.66. The number of hydrogen-bond acceptors (Lipinski definition) is 5. The Hall–Kier alpha value is -1.14. The molecule has 2 N–H and O–H groups in total. The van der Waals surface area contributed by atoms with E-state index in [0.717, 1.165) is 0 Å². The minimum absolute atomic E-state index is 0.0285. The number of rotatable bonds is 5. The van der Waals surface area contributed by atoms with Gasteiger partial charge in [0, 0.05) is 20.6 Å². The highest BCUT2D eigenvalue weighted by molar-refractivity contribution is 5.79. The Kier molecular flexibility index (Phi) is 5.24. The van der Waals surface area contributed by atoms with Gasteiger partial charge in [-0.15, -0.1) is 0 Å². The van der Waals surface area contributed by atoms with Crippen LogP contribution in [-0.4, -0.2) is 61.8 Å². The van der Waals surface area contributed by atoms with Crippen molar-refractivity contribution < 1.29 is 19.4 Å². The van der Waals surface area contributed by atoms with Gasteiger partial charge in [0.15, 0.2) is 5.60 Å². The number of methoxy groups -OCH3 is 1. The van der Waals surface area contributed by atoms with Crippen molar-refractivity contribution in [2.24, 2.45) is 0 Å². The van der Waals surface area contributed by atoms with Crippen LogP contribution >= 0.6 is 0 Å². The molecule has 0 radical (unpaired) electrons. The van der Waals surface area contributed by atoms with Crippen molar-refractivity contribution in [3.05, 3.63) is 0 Å². The van der Waals surface area contributed by atoms with Gasteiger partial charge in [0.2, 0.25) is 5.91 Å². The first-order valence-corrected chi connectivity index (χ1v) is 4.53. The highest BCUT2D eigenvalue weighted by Crippen LogP contribution is 2.03. The van der Waals surface area contributed by atoms with Crippen molar-refractivity contribution in [2.45, 2.75) is 12.5 Å². The van der Waals surface area contributed by atoms with Gasteiger partial charge < -0.3 is 20.1 Å². The van der Waals surface area contributed by atoms with Crippen LogP contribution < -0.4 is 5.32 Å². The zero-order chi connectivity index (χ0) is 12.1. The minimum atomic E-state index is -1.61. The van der Waals surface area contributed by atoms with Crippen LogP contribution in [0.3, 0.4) is 0 Å². The molecule has 1 amide bonds. The molecule has 0 aromatic heterocycles. The summed E-state index contributed by atoms with van der Waals surface area (Å²) >= 11 is 0. The normalized spacial score (nSPS) is 14.2. The highest BCUT2D eigenvalue weighted by atomic mass is 16.5. The summed E-state index contributed by atoms with van der Waals surface area (Å²) in [5.41, 5.74) is -1.61. The smallest absolute Gasteiger partial charge is 0.338 e. The van der Waals surface area contributed by atoms with E-state index in [4.69, 9.17) is 0 Å². The number of ether oxygens (including phenoxy) is 1. The summed E-state index contributed by atoms with van der Waals surface area (Å²) in [7, 11) is 4.45. The quantitative estimate of drug-likeness (QED) is 0.554. The number of esters is 1. The Morgan fingerprint density at radius 1 is 1.47 bits per heavy atom. The van der Waals surface area contributed by atoms with Gasteiger partial charge in [-0.05, 0) is 6.92 Å². The maximum atomic E-state index is 11.1. The van der Waals surface area contributed by atoms with Crippen molar-refractivity contribution >= 4 is 11.9 Å². The van der Waals surface area contributed by atoms with Crippen molar-refractivity contribution in [2.75, 3.05) is 34.3 Å². The standard InChI is InChI=1S/C9H18N2O4/c1-9(14,8(13)15-4)6-10-5-7(12)11(2)3/h10,14H,5-6H2,1-4H3. The van der Waals surface area contributed by atoms with E-state index >= 15 is 0 Å². The molecule has 0 aromatic carbocycles. The molecule has 6 nitrogen and oxygen atoms in total. The van der Waals surface area contributed by atoms with E-state index in [-0.39, 0.29) is 19.0 Å². The van der Waals surface area contributed by atoms with Crippen molar-refractivity contribution in [1.82, 2.24) is 10.2 Å². The molecular formula is C9H18N2O4. The molecule has 15 heavy (non-hydrogen) atoms. The SMILES string of the molecule is COC(=O)C(C)(O)CNCC(=O)N(C)C. The predicted octanol–water partition coefficient (Wildman–Crippen LogP) is -1.41. The number of likely N-dealkylation sites (N-methyl/N-ethyl adjacent to an activating group) is 1. The third-order valence-corrected chi connectivity index (χ3v) is 1.87. The number of nitrogens with one attached hydrogen (secondary N) is 1. The van der Waals surface area contributed by atoms with Crippen LogP contribution in [-0.2, 0) is 14.3 Å². The van der Waals surface area contributed by atoms with Gasteiger partial charge in [-0.3, -0.25) is 4.79 Å². The molecule has 0 aliphatic carbocycles. The van der Waals surface area contributed by atoms with E-state index in [1.165, 1.54) is 18.9 Å². The van der Waals surface area contributed by atoms with Gasteiger partial charge >= 0.3 is 5.97 Å². The summed E-state index contributed by atoms with van der Waals surface area (Å²) in [5.74, 6) is -0.858. The molecule has 0 aliphatic rings. The number of amides is 1. The van der Waals surface area contributed by atoms with Crippen LogP contribution in [0.1, 0.15) is 6.92 Å². The lowest BCUT2D eigenvalue weighted by Crippen LogP contribution is -2.47. The number of hydrogen-bond donors (Lipinski definition) is 2. The second kappa shape index (κ2) is 5.67. The first kappa shape index (κ1) is 13.9. The summed E-state index contributed by atoms with van der Waals surface area (Å²) < 4.78 is 4.40. The third kappa shape index (κ3) is 4.75. The first-order valence-electron chi connectivity index (χ1n) is 4.53. The maximum absolute atomic E-state index is 11.1. The summed E-state index contributed by atoms with van der Waals surface area (Å²) in [6.45, 7) is 1.37. The average Bonchev–Trinajstić information content (AvgIpc) is 2.15. The van der Waals surface area contributed by atoms with E-state index in [1.54, 1.807) is 14.1 Å². The van der Waals surface area contributed by atoms with Crippen LogP contribution in [0, 0.1) is 0 Å². The summed E-state index contributed by atoms with van der Waals surface area (Å²) in [4.78, 5) is 23.6. The molecule has 1 unspecified atom stereocenters. The minimum Gasteiger partial charge on any atom is -0.467 e. The molecule has 0 aliphatic heterocycles. The molecule has 0 fully saturated rings. The second-order valence-corrected chi connectivity index (χ2v) is 3.66. The fraction of sp³-hybridized carbons (Fsp3) is 0.778. The fourth-order valence-corrected chi connectivity index (χ4v) is 0.863. The van der Waals surface area contributed by atoms with Gasteiger partial charge in [0.25, 0.3) is 0 Å². The van der Waals surface area contributed by atoms with E-state index in [2.05, 4.69) is 10.1 Å². The Bertz CT molecular complexity index is 238. The Morgan fingerprint density at radius 3 is 2.40 bits per heavy atom. The van der Waals surface area contributed by atoms with E-state index in [0.29, 0.717) is 0 Å². The third-order valence-electron chi connectivity index (χ3n) is 1.87. The van der Waals surface area contributed by atoms with Crippen LogP contribution in [0.25, 0.3) is 0 Å². The number of aliphatic hydroxyl groups is 1. The molecule has 1 atom stereocenters. The molecule has 0 aromatic rings. The number of nitrogens with zero attached hydrogens (tertiary/aromatic N) is 1. The van der Waals surface area contributed by atoms with E-state index < -0.39 is 11.6 Å². The molecule has 0 heterocycles. The average molecular weight is 218 g/mol. The predicted molar refractivity (Wildman–Crippen MR) is 54.2 cm³/mol. The highest BCUT2D eigenvalue weighted by Gasteiger charge is 2.30. The van der Waals surface area contributed by atoms with Crippen molar-refractivity contribution in [3.63, 3.8) is 0 Å². The summed E-state index contributed by atoms with van der Waals surface area (Å²) in [5, 5.41) is 12.3. The van der Waals surface area contributed by atoms with Crippen LogP contribution in [0.2, 0.25) is 0 Å². The molecule has 0 saturated carbocycles. The molecule has 0 bridgehead atoms. The van der Waals surface area contributed by atoms with Crippen LogP contribution in [0.15, 0.2) is 0 Å². The number of carbonyl (C=O) groups is 2. The van der Waals surface area contributed by atoms with E-state index in [1.807, 2.05) is 0 Å². The molecular weight excluding hydrogens is 200 g/mol. The Morgan fingerprint density at radius 2 is 2.00 bits per heavy atom. The molecule has 88 valence electrons. The monoisotopic (exact) mass is 218 g/mol. The molecule has 0 rings (SSSR count). The molecule has 0 saturated heterocycles. The Balaban J connectivity index is 3.95. The zero-order valence-corrected chi connectivity index (χ0v) is 9.53. The van der Waals surface area contributed by atoms with Gasteiger partial charge in [-0.1, -0.05) is 0 Å². The van der Waals surface area contributed by atoms with E-state index in [9.17, 15) is 14.7 Å². The zero-order valence-electron chi connectivity index (χ0n) is 9.53. The lowest BCUT2D eigenvalue weighted by molar-refractivity contribution is -0.160. The largest absolute Gasteiger partial charge is 0.467 e. The lowest BCUT2D eigenvalue weighted by Gasteiger charge is -2.20. The van der Waals surface area contributed by atoms with Crippen molar-refractivity contribution in [3.8, 4) is 0 Å². The molecule has 6 heteroatoms. The van der Waals surface area contributed by atoms with Gasteiger partial charge in [0.1, 0.15) is 0 Å². The topological polar surface area (TPSA) is 78.9 Å². The van der Waals surface area contributed by atoms with Crippen LogP contribution in [0.5, 0.6) is 0 Å². The van der Waals surface area contributed by atoms with Crippen molar-refractivity contribution in [1.29, 1.82) is 0 Å². The Labute approximate surface area is 89.2 Å². The lowest BCUT2D eigenvalue weighted by atomic mass is 10.1. The molecule has 0 spiro atoms. The number of carbonyl (C=O) groups excluding carboxylic acids is 2. The maximum Gasteiger partial charge on any atom is 0.338 e. The van der Waals surface area contributed by atoms with Crippen LogP contribution in [0.4, 0.5) is 0 Å².